The van der Waals surface area contributed by atoms with Gasteiger partial charge in [0, 0.05) is 23.8 Å². The first-order valence-corrected chi connectivity index (χ1v) is 12.5. The molecule has 0 bridgehead atoms. The van der Waals surface area contributed by atoms with Crippen LogP contribution in [0.5, 0.6) is 0 Å². The van der Waals surface area contributed by atoms with Gasteiger partial charge >= 0.3 is 0 Å². The summed E-state index contributed by atoms with van der Waals surface area (Å²) in [6, 6.07) is 7.43. The highest BCUT2D eigenvalue weighted by Gasteiger charge is 2.21. The lowest BCUT2D eigenvalue weighted by Gasteiger charge is -2.29. The average Bonchev–Trinajstić information content (AvgIpc) is 3.22. The minimum Gasteiger partial charge on any atom is -0.326 e. The molecule has 0 spiro atoms. The number of aryl methyl sites for hydroxylation is 1. The molecule has 0 aliphatic carbocycles. The summed E-state index contributed by atoms with van der Waals surface area (Å²) < 4.78 is 31.6. The van der Waals surface area contributed by atoms with Gasteiger partial charge in [-0.1, -0.05) is 19.4 Å². The molecule has 2 N–H and O–H groups in total. The number of benzene rings is 1. The third kappa shape index (κ3) is 4.67. The van der Waals surface area contributed by atoms with Crippen molar-refractivity contribution in [2.24, 2.45) is 0 Å². The number of anilines is 2. The molecule has 188 valence electrons. The summed E-state index contributed by atoms with van der Waals surface area (Å²) in [7, 11) is 0. The van der Waals surface area contributed by atoms with E-state index in [0.29, 0.717) is 34.7 Å². The maximum Gasteiger partial charge on any atom is 0.229 e. The number of aromatic nitrogens is 5. The van der Waals surface area contributed by atoms with E-state index in [1.807, 2.05) is 43.7 Å². The summed E-state index contributed by atoms with van der Waals surface area (Å²) in [6.45, 7) is 9.10. The monoisotopic (exact) mass is 491 g/mol. The molecule has 3 aromatic heterocycles. The summed E-state index contributed by atoms with van der Waals surface area (Å²) >= 11 is 0. The Morgan fingerprint density at radius 3 is 2.56 bits per heavy atom. The fraction of sp³-hybridized carbons (Fsp3) is 0.407. The Kier molecular flexibility index (Phi) is 6.66. The van der Waals surface area contributed by atoms with Crippen LogP contribution in [0, 0.1) is 18.6 Å². The molecule has 1 aliphatic rings. The SMILES string of the molecule is Cc1nc2c(F)cc(-c3nc(Nc4ccc([C@H](C)[C@H]5CCCCN5)cn4)ncc3F)cc2n1C(C)C. The van der Waals surface area contributed by atoms with Gasteiger partial charge in [0.2, 0.25) is 5.95 Å². The third-order valence-electron chi connectivity index (χ3n) is 6.96. The molecule has 4 aromatic rings. The van der Waals surface area contributed by atoms with Crippen LogP contribution in [-0.2, 0) is 0 Å². The van der Waals surface area contributed by atoms with E-state index in [0.717, 1.165) is 24.7 Å². The lowest BCUT2D eigenvalue weighted by molar-refractivity contribution is 0.361. The van der Waals surface area contributed by atoms with E-state index in [4.69, 9.17) is 0 Å². The molecule has 0 saturated carbocycles. The van der Waals surface area contributed by atoms with Gasteiger partial charge in [-0.25, -0.2) is 28.7 Å². The number of hydrogen-bond donors (Lipinski definition) is 2. The lowest BCUT2D eigenvalue weighted by atomic mass is 9.89. The zero-order valence-electron chi connectivity index (χ0n) is 21.0. The predicted molar refractivity (Wildman–Crippen MR) is 137 cm³/mol. The van der Waals surface area contributed by atoms with Crippen LogP contribution in [0.2, 0.25) is 0 Å². The molecule has 1 aliphatic heterocycles. The first-order chi connectivity index (χ1) is 17.3. The number of piperidine rings is 1. The zero-order chi connectivity index (χ0) is 25.4. The third-order valence-corrected chi connectivity index (χ3v) is 6.96. The summed E-state index contributed by atoms with van der Waals surface area (Å²) in [4.78, 5) is 17.3. The van der Waals surface area contributed by atoms with Crippen molar-refractivity contribution in [2.45, 2.75) is 65.0 Å². The minimum atomic E-state index is -0.635. The van der Waals surface area contributed by atoms with Crippen molar-refractivity contribution in [3.63, 3.8) is 0 Å². The van der Waals surface area contributed by atoms with Crippen LogP contribution in [0.4, 0.5) is 20.5 Å². The van der Waals surface area contributed by atoms with E-state index >= 15 is 0 Å². The van der Waals surface area contributed by atoms with E-state index in [9.17, 15) is 8.78 Å². The smallest absolute Gasteiger partial charge is 0.229 e. The second-order valence-electron chi connectivity index (χ2n) is 9.79. The molecule has 4 heterocycles. The van der Waals surface area contributed by atoms with Gasteiger partial charge in [0.25, 0.3) is 0 Å². The van der Waals surface area contributed by atoms with Gasteiger partial charge in [-0.2, -0.15) is 0 Å². The normalized spacial score (nSPS) is 17.0. The predicted octanol–water partition coefficient (Wildman–Crippen LogP) is 6.05. The van der Waals surface area contributed by atoms with Gasteiger partial charge in [0.05, 0.1) is 11.7 Å². The Morgan fingerprint density at radius 1 is 1.03 bits per heavy atom. The van der Waals surface area contributed by atoms with Gasteiger partial charge in [0.1, 0.15) is 22.9 Å². The van der Waals surface area contributed by atoms with Crippen molar-refractivity contribution >= 4 is 22.8 Å². The summed E-state index contributed by atoms with van der Waals surface area (Å²) in [6.07, 6.45) is 6.58. The summed E-state index contributed by atoms with van der Waals surface area (Å²) in [5.74, 6) is 0.635. The molecule has 1 saturated heterocycles. The Balaban J connectivity index is 1.41. The van der Waals surface area contributed by atoms with Crippen LogP contribution in [0.25, 0.3) is 22.3 Å². The number of imidazole rings is 1. The van der Waals surface area contributed by atoms with Crippen molar-refractivity contribution in [3.05, 3.63) is 59.7 Å². The number of hydrogen-bond acceptors (Lipinski definition) is 6. The van der Waals surface area contributed by atoms with E-state index in [-0.39, 0.29) is 23.2 Å². The van der Waals surface area contributed by atoms with Crippen LogP contribution in [-0.4, -0.2) is 37.1 Å². The molecule has 1 aromatic carbocycles. The van der Waals surface area contributed by atoms with Crippen molar-refractivity contribution in [1.29, 1.82) is 0 Å². The van der Waals surface area contributed by atoms with Crippen LogP contribution in [0.3, 0.4) is 0 Å². The van der Waals surface area contributed by atoms with Crippen molar-refractivity contribution in [3.8, 4) is 11.3 Å². The molecule has 7 nitrogen and oxygen atoms in total. The van der Waals surface area contributed by atoms with E-state index in [1.54, 1.807) is 6.07 Å². The molecular weight excluding hydrogens is 460 g/mol. The quantitative estimate of drug-likeness (QED) is 0.342. The van der Waals surface area contributed by atoms with E-state index < -0.39 is 11.6 Å². The highest BCUT2D eigenvalue weighted by Crippen LogP contribution is 2.31. The first kappa shape index (κ1) is 24.2. The van der Waals surface area contributed by atoms with Crippen molar-refractivity contribution < 1.29 is 8.78 Å². The van der Waals surface area contributed by atoms with E-state index in [1.165, 1.54) is 18.9 Å². The molecule has 0 unspecified atom stereocenters. The lowest BCUT2D eigenvalue weighted by Crippen LogP contribution is -2.37. The van der Waals surface area contributed by atoms with Crippen LogP contribution >= 0.6 is 0 Å². The number of fused-ring (bicyclic) bond motifs is 1. The Morgan fingerprint density at radius 2 is 1.86 bits per heavy atom. The number of pyridine rings is 1. The first-order valence-electron chi connectivity index (χ1n) is 12.5. The van der Waals surface area contributed by atoms with Gasteiger partial charge in [-0.15, -0.1) is 0 Å². The highest BCUT2D eigenvalue weighted by atomic mass is 19.1. The van der Waals surface area contributed by atoms with E-state index in [2.05, 4.69) is 37.5 Å². The molecule has 0 radical (unpaired) electrons. The van der Waals surface area contributed by atoms with Crippen LogP contribution < -0.4 is 10.6 Å². The highest BCUT2D eigenvalue weighted by molar-refractivity contribution is 5.83. The molecule has 36 heavy (non-hydrogen) atoms. The fourth-order valence-corrected chi connectivity index (χ4v) is 5.09. The standard InChI is InChI=1S/C27H31F2N7/c1-15(2)36-17(4)33-26-20(28)11-19(12-23(26)36)25-21(29)14-32-27(35-25)34-24-9-8-18(13-31-24)16(3)22-7-5-6-10-30-22/h8-9,11-16,22,30H,5-7,10H2,1-4H3,(H,31,32,34,35)/t16-,22+/m0/s1. The molecule has 1 fully saturated rings. The Bertz CT molecular complexity index is 1380. The van der Waals surface area contributed by atoms with Gasteiger partial charge in [-0.3, -0.25) is 0 Å². The molecule has 5 rings (SSSR count). The maximum atomic E-state index is 14.9. The second-order valence-corrected chi connectivity index (χ2v) is 9.79. The Labute approximate surface area is 209 Å². The van der Waals surface area contributed by atoms with Crippen LogP contribution in [0.1, 0.15) is 63.4 Å². The number of rotatable bonds is 6. The molecular formula is C27H31F2N7. The van der Waals surface area contributed by atoms with Gasteiger partial charge in [0.15, 0.2) is 11.6 Å². The summed E-state index contributed by atoms with van der Waals surface area (Å²) in [5, 5.41) is 6.64. The van der Waals surface area contributed by atoms with Gasteiger partial charge < -0.3 is 15.2 Å². The molecule has 0 amide bonds. The fourth-order valence-electron chi connectivity index (χ4n) is 5.09. The summed E-state index contributed by atoms with van der Waals surface area (Å²) in [5.41, 5.74) is 2.35. The Hall–Kier alpha value is -3.46. The minimum absolute atomic E-state index is 0.0103. The van der Waals surface area contributed by atoms with Crippen LogP contribution in [0.15, 0.2) is 36.7 Å². The average molecular weight is 492 g/mol. The van der Waals surface area contributed by atoms with Crippen molar-refractivity contribution in [2.75, 3.05) is 11.9 Å². The topological polar surface area (TPSA) is 80.6 Å². The zero-order valence-corrected chi connectivity index (χ0v) is 21.0. The largest absolute Gasteiger partial charge is 0.326 e. The second kappa shape index (κ2) is 9.89. The number of halogens is 2. The number of nitrogens with zero attached hydrogens (tertiary/aromatic N) is 5. The van der Waals surface area contributed by atoms with Gasteiger partial charge in [-0.05, 0) is 69.8 Å². The maximum absolute atomic E-state index is 14.9. The van der Waals surface area contributed by atoms with Crippen molar-refractivity contribution in [1.82, 2.24) is 29.8 Å². The molecule has 9 heteroatoms. The molecule has 2 atom stereocenters. The number of nitrogens with one attached hydrogen (secondary N) is 2.